The van der Waals surface area contributed by atoms with Gasteiger partial charge in [0.15, 0.2) is 0 Å². The largest absolute Gasteiger partial charge is 0.432 e. The molecule has 0 fully saturated rings. The fourth-order valence-electron chi connectivity index (χ4n) is 0.258. The number of carbonyl (C=O) groups excluding carboxylic acids is 1. The molecule has 0 radical (unpaired) electrons. The normalized spacial score (nSPS) is 10.6. The standard InChI is InChI=1S/C3H3Br2NO4/c4-3(5,10-2-7)1-6(8)9/h2H,1H2. The minimum absolute atomic E-state index is 0.118. The van der Waals surface area contributed by atoms with E-state index >= 15 is 0 Å². The first-order valence-corrected chi connectivity index (χ1v) is 3.67. The average molecular weight is 277 g/mol. The molecule has 0 aliphatic heterocycles. The van der Waals surface area contributed by atoms with Crippen molar-refractivity contribution in [1.29, 1.82) is 0 Å². The van der Waals surface area contributed by atoms with Gasteiger partial charge in [-0.3, -0.25) is 14.9 Å². The second-order valence-electron chi connectivity index (χ2n) is 1.34. The Labute approximate surface area is 73.1 Å². The van der Waals surface area contributed by atoms with Crippen molar-refractivity contribution < 1.29 is 14.5 Å². The highest BCUT2D eigenvalue weighted by Crippen LogP contribution is 2.26. The van der Waals surface area contributed by atoms with Gasteiger partial charge in [0.25, 0.3) is 16.4 Å². The molecule has 0 amide bonds. The molecule has 0 N–H and O–H groups in total. The molecule has 0 aromatic heterocycles. The molecule has 0 rings (SSSR count). The molecule has 0 aromatic rings. The smallest absolute Gasteiger partial charge is 0.295 e. The lowest BCUT2D eigenvalue weighted by molar-refractivity contribution is -0.486. The van der Waals surface area contributed by atoms with E-state index in [1.807, 2.05) is 0 Å². The summed E-state index contributed by atoms with van der Waals surface area (Å²) in [5.41, 5.74) is 0. The van der Waals surface area contributed by atoms with Gasteiger partial charge >= 0.3 is 0 Å². The van der Waals surface area contributed by atoms with E-state index in [-0.39, 0.29) is 6.47 Å². The zero-order valence-corrected chi connectivity index (χ0v) is 7.79. The molecular weight excluding hydrogens is 274 g/mol. The Bertz CT molecular complexity index is 147. The van der Waals surface area contributed by atoms with Crippen LogP contribution >= 0.6 is 31.9 Å². The molecule has 0 saturated carbocycles. The third kappa shape index (κ3) is 4.68. The van der Waals surface area contributed by atoms with Crippen molar-refractivity contribution in [2.75, 3.05) is 6.54 Å². The summed E-state index contributed by atoms with van der Waals surface area (Å²) < 4.78 is 2.88. The molecule has 58 valence electrons. The minimum atomic E-state index is -1.37. The van der Waals surface area contributed by atoms with E-state index in [0.717, 1.165) is 0 Å². The number of nitrogens with zero attached hydrogens (tertiary/aromatic N) is 1. The van der Waals surface area contributed by atoms with Crippen LogP contribution in [0.5, 0.6) is 0 Å². The highest BCUT2D eigenvalue weighted by molar-refractivity contribution is 9.25. The van der Waals surface area contributed by atoms with Gasteiger partial charge in [-0.15, -0.1) is 0 Å². The van der Waals surface area contributed by atoms with Crippen LogP contribution in [0.4, 0.5) is 0 Å². The second-order valence-corrected chi connectivity index (χ2v) is 4.97. The summed E-state index contributed by atoms with van der Waals surface area (Å²) in [7, 11) is 0. The van der Waals surface area contributed by atoms with Crippen molar-refractivity contribution in [1.82, 2.24) is 0 Å². The van der Waals surface area contributed by atoms with Crippen LogP contribution in [-0.2, 0) is 9.53 Å². The van der Waals surface area contributed by atoms with E-state index in [2.05, 4.69) is 36.6 Å². The van der Waals surface area contributed by atoms with E-state index in [1.54, 1.807) is 0 Å². The fourth-order valence-corrected chi connectivity index (χ4v) is 0.820. The molecule has 0 heterocycles. The molecule has 0 saturated heterocycles. The van der Waals surface area contributed by atoms with Crippen molar-refractivity contribution in [2.24, 2.45) is 0 Å². The molecule has 0 aromatic carbocycles. The lowest BCUT2D eigenvalue weighted by Gasteiger charge is -2.11. The minimum Gasteiger partial charge on any atom is -0.432 e. The number of carbonyl (C=O) groups is 1. The number of rotatable bonds is 4. The van der Waals surface area contributed by atoms with Crippen LogP contribution in [0.3, 0.4) is 0 Å². The molecule has 0 bridgehead atoms. The van der Waals surface area contributed by atoms with Crippen LogP contribution in [0, 0.1) is 10.1 Å². The van der Waals surface area contributed by atoms with E-state index in [4.69, 9.17) is 0 Å². The Morgan fingerprint density at radius 1 is 1.70 bits per heavy atom. The molecular formula is C3H3Br2NO4. The van der Waals surface area contributed by atoms with Crippen LogP contribution in [0.25, 0.3) is 0 Å². The van der Waals surface area contributed by atoms with Gasteiger partial charge < -0.3 is 4.74 Å². The Hall–Kier alpha value is -0.170. The van der Waals surface area contributed by atoms with Crippen molar-refractivity contribution in [3.63, 3.8) is 0 Å². The maximum atomic E-state index is 9.84. The van der Waals surface area contributed by atoms with E-state index < -0.39 is 14.9 Å². The third-order valence-corrected chi connectivity index (χ3v) is 1.41. The van der Waals surface area contributed by atoms with Gasteiger partial charge in [0, 0.05) is 4.92 Å². The molecule has 0 unspecified atom stereocenters. The van der Waals surface area contributed by atoms with Gasteiger partial charge in [-0.05, 0) is 31.9 Å². The third-order valence-electron chi connectivity index (χ3n) is 0.534. The maximum absolute atomic E-state index is 9.84. The maximum Gasteiger partial charge on any atom is 0.295 e. The number of alkyl halides is 2. The first-order chi connectivity index (χ1) is 4.48. The molecule has 10 heavy (non-hydrogen) atoms. The second kappa shape index (κ2) is 3.87. The van der Waals surface area contributed by atoms with Gasteiger partial charge in [0.1, 0.15) is 0 Å². The molecule has 0 aliphatic carbocycles. The lowest BCUT2D eigenvalue weighted by Crippen LogP contribution is -2.26. The summed E-state index contributed by atoms with van der Waals surface area (Å²) in [4.78, 5) is 18.9. The monoisotopic (exact) mass is 275 g/mol. The highest BCUT2D eigenvalue weighted by atomic mass is 79.9. The molecule has 0 spiro atoms. The van der Waals surface area contributed by atoms with Crippen molar-refractivity contribution in [3.8, 4) is 0 Å². The molecule has 0 atom stereocenters. The van der Waals surface area contributed by atoms with Crippen molar-refractivity contribution in [3.05, 3.63) is 10.1 Å². The summed E-state index contributed by atoms with van der Waals surface area (Å²) >= 11 is 5.53. The number of halogens is 2. The number of hydrogen-bond acceptors (Lipinski definition) is 4. The van der Waals surface area contributed by atoms with Gasteiger partial charge in [-0.25, -0.2) is 0 Å². The topological polar surface area (TPSA) is 69.4 Å². The molecule has 0 aliphatic rings. The zero-order chi connectivity index (χ0) is 8.20. The Kier molecular flexibility index (Phi) is 3.80. The first kappa shape index (κ1) is 9.83. The number of nitro groups is 1. The molecule has 5 nitrogen and oxygen atoms in total. The summed E-state index contributed by atoms with van der Waals surface area (Å²) in [6.07, 6.45) is 0. The summed E-state index contributed by atoms with van der Waals surface area (Å²) in [6.45, 7) is -0.418. The van der Waals surface area contributed by atoms with Crippen molar-refractivity contribution in [2.45, 2.75) is 3.42 Å². The fraction of sp³-hybridized carbons (Fsp3) is 0.667. The van der Waals surface area contributed by atoms with Crippen LogP contribution in [0.15, 0.2) is 0 Å². The predicted octanol–water partition coefficient (Wildman–Crippen LogP) is 0.880. The lowest BCUT2D eigenvalue weighted by atomic mass is 10.7. The van der Waals surface area contributed by atoms with Crippen LogP contribution in [0.2, 0.25) is 0 Å². The van der Waals surface area contributed by atoms with Gasteiger partial charge in [0.2, 0.25) is 0 Å². The summed E-state index contributed by atoms with van der Waals surface area (Å²) in [6, 6.07) is 0. The number of ether oxygens (including phenoxy) is 1. The van der Waals surface area contributed by atoms with Crippen molar-refractivity contribution >= 4 is 38.3 Å². The van der Waals surface area contributed by atoms with Gasteiger partial charge in [0.05, 0.1) is 0 Å². The Morgan fingerprint density at radius 3 is 2.50 bits per heavy atom. The molecule has 7 heteroatoms. The van der Waals surface area contributed by atoms with Gasteiger partial charge in [-0.1, -0.05) is 0 Å². The Balaban J connectivity index is 3.85. The van der Waals surface area contributed by atoms with E-state index in [0.29, 0.717) is 0 Å². The van der Waals surface area contributed by atoms with Crippen LogP contribution in [-0.4, -0.2) is 21.4 Å². The summed E-state index contributed by atoms with van der Waals surface area (Å²) in [5, 5.41) is 9.84. The number of hydrogen-bond donors (Lipinski definition) is 0. The first-order valence-electron chi connectivity index (χ1n) is 2.09. The average Bonchev–Trinajstić information content (AvgIpc) is 1.59. The SMILES string of the molecule is O=COC(Br)(Br)C[N+](=O)[O-]. The van der Waals surface area contributed by atoms with Crippen LogP contribution in [0.1, 0.15) is 0 Å². The van der Waals surface area contributed by atoms with Gasteiger partial charge in [-0.2, -0.15) is 0 Å². The Morgan fingerprint density at radius 2 is 2.20 bits per heavy atom. The van der Waals surface area contributed by atoms with E-state index in [9.17, 15) is 14.9 Å². The highest BCUT2D eigenvalue weighted by Gasteiger charge is 2.30. The van der Waals surface area contributed by atoms with E-state index in [1.165, 1.54) is 0 Å². The quantitative estimate of drug-likeness (QED) is 0.331. The predicted molar refractivity (Wildman–Crippen MR) is 39.6 cm³/mol. The zero-order valence-electron chi connectivity index (χ0n) is 4.62. The summed E-state index contributed by atoms with van der Waals surface area (Å²) in [5.74, 6) is 0. The van der Waals surface area contributed by atoms with Crippen LogP contribution < -0.4 is 0 Å².